The fraction of sp³-hybridized carbons (Fsp3) is 0.308. The van der Waals surface area contributed by atoms with Crippen LogP contribution in [0.25, 0.3) is 0 Å². The molecular formula is C26H28N2O3S. The molecule has 1 aliphatic heterocycles. The Morgan fingerprint density at radius 2 is 1.94 bits per heavy atom. The van der Waals surface area contributed by atoms with Crippen molar-refractivity contribution in [2.75, 3.05) is 20.1 Å². The molecule has 6 heteroatoms. The molecule has 32 heavy (non-hydrogen) atoms. The first-order valence-corrected chi connectivity index (χ1v) is 11.8. The van der Waals surface area contributed by atoms with Gasteiger partial charge < -0.3 is 14.5 Å². The second-order valence-corrected chi connectivity index (χ2v) is 8.96. The Bertz CT molecular complexity index is 1080. The van der Waals surface area contributed by atoms with E-state index in [0.29, 0.717) is 18.8 Å². The molecule has 2 unspecified atom stereocenters. The molecule has 0 saturated carbocycles. The monoisotopic (exact) mass is 448 g/mol. The summed E-state index contributed by atoms with van der Waals surface area (Å²) in [6.45, 7) is 4.99. The van der Waals surface area contributed by atoms with Crippen molar-refractivity contribution in [1.29, 1.82) is 0 Å². The fourth-order valence-electron chi connectivity index (χ4n) is 4.14. The maximum Gasteiger partial charge on any atom is 0.264 e. The van der Waals surface area contributed by atoms with Crippen molar-refractivity contribution in [3.05, 3.63) is 87.6 Å². The molecule has 4 rings (SSSR count). The highest BCUT2D eigenvalue weighted by molar-refractivity contribution is 7.12. The van der Waals surface area contributed by atoms with Gasteiger partial charge >= 0.3 is 0 Å². The summed E-state index contributed by atoms with van der Waals surface area (Å²) in [5, 5.41) is 1.93. The highest BCUT2D eigenvalue weighted by atomic mass is 32.1. The second kappa shape index (κ2) is 9.57. The third-order valence-electron chi connectivity index (χ3n) is 5.96. The van der Waals surface area contributed by atoms with Gasteiger partial charge in [0.05, 0.1) is 10.9 Å². The number of amides is 2. The summed E-state index contributed by atoms with van der Waals surface area (Å²) in [4.78, 5) is 30.2. The number of nitrogens with zero attached hydrogens (tertiary/aromatic N) is 2. The average molecular weight is 449 g/mol. The minimum absolute atomic E-state index is 0.0407. The van der Waals surface area contributed by atoms with Crippen LogP contribution < -0.4 is 4.74 Å². The minimum Gasteiger partial charge on any atom is -0.481 e. The van der Waals surface area contributed by atoms with Crippen molar-refractivity contribution in [1.82, 2.24) is 9.80 Å². The summed E-state index contributed by atoms with van der Waals surface area (Å²) in [5.41, 5.74) is 3.31. The Morgan fingerprint density at radius 3 is 2.62 bits per heavy atom. The van der Waals surface area contributed by atoms with E-state index in [0.717, 1.165) is 22.4 Å². The van der Waals surface area contributed by atoms with Crippen LogP contribution in [0.5, 0.6) is 5.75 Å². The van der Waals surface area contributed by atoms with Gasteiger partial charge in [0.15, 0.2) is 6.10 Å². The fourth-order valence-corrected chi connectivity index (χ4v) is 4.82. The van der Waals surface area contributed by atoms with Gasteiger partial charge in [-0.25, -0.2) is 0 Å². The smallest absolute Gasteiger partial charge is 0.264 e. The molecule has 3 aromatic rings. The van der Waals surface area contributed by atoms with Crippen LogP contribution >= 0.6 is 11.3 Å². The third-order valence-corrected chi connectivity index (χ3v) is 6.82. The zero-order valence-corrected chi connectivity index (χ0v) is 19.5. The highest BCUT2D eigenvalue weighted by Gasteiger charge is 2.33. The van der Waals surface area contributed by atoms with Crippen molar-refractivity contribution < 1.29 is 14.3 Å². The first-order chi connectivity index (χ1) is 15.5. The quantitative estimate of drug-likeness (QED) is 0.545. The van der Waals surface area contributed by atoms with E-state index in [9.17, 15) is 9.59 Å². The molecule has 1 aromatic heterocycles. The Morgan fingerprint density at radius 1 is 1.16 bits per heavy atom. The van der Waals surface area contributed by atoms with Crippen molar-refractivity contribution in [2.45, 2.75) is 32.4 Å². The Kier molecular flexibility index (Phi) is 6.61. The van der Waals surface area contributed by atoms with Gasteiger partial charge in [0.1, 0.15) is 5.75 Å². The maximum absolute atomic E-state index is 13.4. The van der Waals surface area contributed by atoms with Gasteiger partial charge in [0.2, 0.25) is 0 Å². The molecule has 2 amide bonds. The van der Waals surface area contributed by atoms with Crippen molar-refractivity contribution >= 4 is 23.2 Å². The lowest BCUT2D eigenvalue weighted by atomic mass is 9.87. The van der Waals surface area contributed by atoms with Gasteiger partial charge in [0, 0.05) is 20.1 Å². The van der Waals surface area contributed by atoms with Crippen LogP contribution in [0, 0.1) is 0 Å². The molecule has 0 aliphatic carbocycles. The minimum atomic E-state index is -0.583. The lowest BCUT2D eigenvalue weighted by Crippen LogP contribution is -2.40. The van der Waals surface area contributed by atoms with E-state index >= 15 is 0 Å². The summed E-state index contributed by atoms with van der Waals surface area (Å²) in [7, 11) is 1.77. The van der Waals surface area contributed by atoms with E-state index in [1.807, 2.05) is 59.7 Å². The van der Waals surface area contributed by atoms with Gasteiger partial charge in [-0.05, 0) is 60.5 Å². The molecular weight excluding hydrogens is 420 g/mol. The molecule has 0 bridgehead atoms. The van der Waals surface area contributed by atoms with Gasteiger partial charge in [-0.2, -0.15) is 0 Å². The van der Waals surface area contributed by atoms with E-state index in [4.69, 9.17) is 4.74 Å². The molecule has 1 aliphatic rings. The van der Waals surface area contributed by atoms with E-state index in [-0.39, 0.29) is 17.9 Å². The molecule has 166 valence electrons. The number of rotatable bonds is 6. The molecule has 0 radical (unpaired) electrons. The number of fused-ring (bicyclic) bond motifs is 1. The van der Waals surface area contributed by atoms with Crippen LogP contribution in [0.3, 0.4) is 0 Å². The van der Waals surface area contributed by atoms with Crippen LogP contribution in [0.4, 0.5) is 0 Å². The SMILES string of the molecule is CCN(C)C(=O)C(C)Oc1ccc2c(c1)C(c1ccccc1)N(C(=O)c1cccs1)CC2. The number of hydrogen-bond donors (Lipinski definition) is 0. The summed E-state index contributed by atoms with van der Waals surface area (Å²) in [6.07, 6.45) is 0.198. The molecule has 2 heterocycles. The van der Waals surface area contributed by atoms with Crippen LogP contribution in [0.15, 0.2) is 66.0 Å². The number of ether oxygens (including phenoxy) is 1. The average Bonchev–Trinajstić information content (AvgIpc) is 3.37. The first-order valence-electron chi connectivity index (χ1n) is 10.9. The lowest BCUT2D eigenvalue weighted by Gasteiger charge is -2.38. The topological polar surface area (TPSA) is 49.9 Å². The van der Waals surface area contributed by atoms with E-state index in [1.54, 1.807) is 18.9 Å². The number of thiophene rings is 1. The Hall–Kier alpha value is -3.12. The summed E-state index contributed by atoms with van der Waals surface area (Å²) >= 11 is 1.46. The number of carbonyl (C=O) groups is 2. The van der Waals surface area contributed by atoms with Gasteiger partial charge in [-0.1, -0.05) is 42.5 Å². The largest absolute Gasteiger partial charge is 0.481 e. The van der Waals surface area contributed by atoms with E-state index in [2.05, 4.69) is 18.2 Å². The summed E-state index contributed by atoms with van der Waals surface area (Å²) < 4.78 is 6.02. The molecule has 0 saturated heterocycles. The van der Waals surface area contributed by atoms with Crippen LogP contribution in [0.1, 0.15) is 46.3 Å². The van der Waals surface area contributed by atoms with Gasteiger partial charge in [-0.3, -0.25) is 9.59 Å². The van der Waals surface area contributed by atoms with Crippen molar-refractivity contribution in [2.24, 2.45) is 0 Å². The van der Waals surface area contributed by atoms with Crippen LogP contribution in [-0.4, -0.2) is 47.9 Å². The zero-order valence-electron chi connectivity index (χ0n) is 18.7. The third kappa shape index (κ3) is 4.41. The van der Waals surface area contributed by atoms with E-state index in [1.165, 1.54) is 16.9 Å². The first kappa shape index (κ1) is 22.1. The standard InChI is InChI=1S/C26H28N2O3S/c1-4-27(3)25(29)18(2)31-21-13-12-19-14-15-28(26(30)23-11-8-16-32-23)24(22(19)17-21)20-9-6-5-7-10-20/h5-13,16-18,24H,4,14-15H2,1-3H3. The van der Waals surface area contributed by atoms with E-state index < -0.39 is 6.10 Å². The van der Waals surface area contributed by atoms with Gasteiger partial charge in [0.25, 0.3) is 11.8 Å². The molecule has 0 spiro atoms. The molecule has 5 nitrogen and oxygen atoms in total. The predicted molar refractivity (Wildman–Crippen MR) is 127 cm³/mol. The van der Waals surface area contributed by atoms with Crippen LogP contribution in [0.2, 0.25) is 0 Å². The normalized spacial score (nSPS) is 16.2. The zero-order chi connectivity index (χ0) is 22.7. The van der Waals surface area contributed by atoms with Crippen molar-refractivity contribution in [3.8, 4) is 5.75 Å². The van der Waals surface area contributed by atoms with Crippen LogP contribution in [-0.2, 0) is 11.2 Å². The maximum atomic E-state index is 13.4. The Balaban J connectivity index is 1.70. The molecule has 0 N–H and O–H groups in total. The number of carbonyl (C=O) groups excluding carboxylic acids is 2. The Labute approximate surface area is 193 Å². The summed E-state index contributed by atoms with van der Waals surface area (Å²) in [6, 6.07) is 19.7. The van der Waals surface area contributed by atoms with Gasteiger partial charge in [-0.15, -0.1) is 11.3 Å². The highest BCUT2D eigenvalue weighted by Crippen LogP contribution is 2.38. The number of benzene rings is 2. The van der Waals surface area contributed by atoms with Crippen molar-refractivity contribution in [3.63, 3.8) is 0 Å². The molecule has 0 fully saturated rings. The predicted octanol–water partition coefficient (Wildman–Crippen LogP) is 4.78. The molecule has 2 aromatic carbocycles. The number of likely N-dealkylation sites (N-methyl/N-ethyl adjacent to an activating group) is 1. The number of hydrogen-bond acceptors (Lipinski definition) is 4. The molecule has 2 atom stereocenters. The second-order valence-electron chi connectivity index (χ2n) is 8.01. The lowest BCUT2D eigenvalue weighted by molar-refractivity contribution is -0.136. The summed E-state index contributed by atoms with van der Waals surface area (Å²) in [5.74, 6) is 0.624.